The summed E-state index contributed by atoms with van der Waals surface area (Å²) in [5.74, 6) is -0.229. The summed E-state index contributed by atoms with van der Waals surface area (Å²) in [6.07, 6.45) is 5.28. The summed E-state index contributed by atoms with van der Waals surface area (Å²) in [6.45, 7) is 0. The van der Waals surface area contributed by atoms with Crippen molar-refractivity contribution < 1.29 is 35.0 Å². The van der Waals surface area contributed by atoms with Crippen LogP contribution in [0.25, 0.3) is 21.5 Å². The van der Waals surface area contributed by atoms with Crippen molar-refractivity contribution in [2.24, 2.45) is 0 Å². The highest BCUT2D eigenvalue weighted by Gasteiger charge is 2.48. The lowest BCUT2D eigenvalue weighted by atomic mass is 9.77. The van der Waals surface area contributed by atoms with Crippen LogP contribution in [0.3, 0.4) is 0 Å². The number of hydrogen-bond acceptors (Lipinski definition) is 8. The molecule has 42 heavy (non-hydrogen) atoms. The van der Waals surface area contributed by atoms with Crippen LogP contribution in [0.15, 0.2) is 76.5 Å². The lowest BCUT2D eigenvalue weighted by molar-refractivity contribution is 0.0999. The van der Waals surface area contributed by atoms with E-state index in [0.29, 0.717) is 5.56 Å². The van der Waals surface area contributed by atoms with Gasteiger partial charge in [-0.15, -0.1) is 0 Å². The molecule has 0 aliphatic carbocycles. The summed E-state index contributed by atoms with van der Waals surface area (Å²) in [5.41, 5.74) is 1.45. The molecular formula is C32H29O8S2-. The smallest absolute Gasteiger partial charge is 0.339 e. The Balaban J connectivity index is 1.35. The number of fused-ring (bicyclic) bond motifs is 6. The number of benzene rings is 4. The highest BCUT2D eigenvalue weighted by Crippen LogP contribution is 2.53. The Bertz CT molecular complexity index is 1970. The molecule has 0 amide bonds. The van der Waals surface area contributed by atoms with Gasteiger partial charge in [0.25, 0.3) is 0 Å². The van der Waals surface area contributed by atoms with Crippen LogP contribution in [0, 0.1) is 0 Å². The minimum Gasteiger partial charge on any atom is -0.744 e. The molecular weight excluding hydrogens is 576 g/mol. The molecule has 6 unspecified atom stereocenters. The van der Waals surface area contributed by atoms with Crippen LogP contribution < -0.4 is 4.18 Å². The van der Waals surface area contributed by atoms with Crippen molar-refractivity contribution in [1.29, 1.82) is 0 Å². The molecule has 218 valence electrons. The van der Waals surface area contributed by atoms with Crippen molar-refractivity contribution in [2.45, 2.75) is 84.6 Å². The molecule has 4 bridgehead atoms. The summed E-state index contributed by atoms with van der Waals surface area (Å²) in [5, 5.41) is 2.18. The third kappa shape index (κ3) is 4.18. The Hall–Kier alpha value is -3.02. The predicted octanol–water partition coefficient (Wildman–Crippen LogP) is 5.73. The zero-order valence-electron chi connectivity index (χ0n) is 22.6. The van der Waals surface area contributed by atoms with Crippen LogP contribution >= 0.6 is 0 Å². The van der Waals surface area contributed by atoms with Gasteiger partial charge < -0.3 is 18.2 Å². The lowest BCUT2D eigenvalue weighted by Gasteiger charge is -2.29. The Kier molecular flexibility index (Phi) is 6.01. The van der Waals surface area contributed by atoms with Crippen LogP contribution in [0.1, 0.15) is 61.5 Å². The van der Waals surface area contributed by atoms with E-state index in [4.69, 9.17) is 13.7 Å². The second kappa shape index (κ2) is 9.49. The van der Waals surface area contributed by atoms with Crippen molar-refractivity contribution in [1.82, 2.24) is 0 Å². The van der Waals surface area contributed by atoms with Gasteiger partial charge in [-0.1, -0.05) is 48.5 Å². The number of rotatable bonds is 6. The van der Waals surface area contributed by atoms with Gasteiger partial charge in [-0.05, 0) is 78.6 Å². The molecule has 4 saturated heterocycles. The second-order valence-electron chi connectivity index (χ2n) is 12.0. The van der Waals surface area contributed by atoms with E-state index in [9.17, 15) is 21.4 Å². The fraction of sp³-hybridized carbons (Fsp3) is 0.375. The SMILES string of the molecule is O=S(=O)([O-])c1ccc(OS(=O)(=O)c2c(C3CC4CCC3O4)cc3ccccc3c2C2CC3CCC2O3)c2ccccc12. The van der Waals surface area contributed by atoms with Crippen LogP contribution in [-0.2, 0) is 29.7 Å². The van der Waals surface area contributed by atoms with E-state index in [0.717, 1.165) is 60.9 Å². The van der Waals surface area contributed by atoms with Gasteiger partial charge in [0, 0.05) is 22.6 Å². The van der Waals surface area contributed by atoms with Gasteiger partial charge in [0.15, 0.2) is 5.75 Å². The Morgan fingerprint density at radius 2 is 1.33 bits per heavy atom. The summed E-state index contributed by atoms with van der Waals surface area (Å²) in [6, 6.07) is 18.5. The molecule has 4 fully saturated rings. The van der Waals surface area contributed by atoms with Crippen LogP contribution in [0.5, 0.6) is 5.75 Å². The first-order chi connectivity index (χ1) is 20.2. The van der Waals surface area contributed by atoms with E-state index in [1.807, 2.05) is 30.3 Å². The van der Waals surface area contributed by atoms with Crippen molar-refractivity contribution in [3.63, 3.8) is 0 Å². The van der Waals surface area contributed by atoms with Crippen LogP contribution in [0.2, 0.25) is 0 Å². The van der Waals surface area contributed by atoms with Gasteiger partial charge in [-0.2, -0.15) is 8.42 Å². The first-order valence-electron chi connectivity index (χ1n) is 14.5. The molecule has 4 aliphatic heterocycles. The fourth-order valence-corrected chi connectivity index (χ4v) is 10.1. The van der Waals surface area contributed by atoms with Crippen molar-refractivity contribution in [3.05, 3.63) is 77.9 Å². The van der Waals surface area contributed by atoms with Gasteiger partial charge in [-0.25, -0.2) is 8.42 Å². The van der Waals surface area contributed by atoms with Gasteiger partial charge in [-0.3, -0.25) is 0 Å². The summed E-state index contributed by atoms with van der Waals surface area (Å²) < 4.78 is 83.6. The quantitative estimate of drug-likeness (QED) is 0.202. The van der Waals surface area contributed by atoms with Crippen molar-refractivity contribution >= 4 is 41.8 Å². The lowest BCUT2D eigenvalue weighted by Crippen LogP contribution is -2.24. The molecule has 4 aromatic carbocycles. The van der Waals surface area contributed by atoms with Crippen molar-refractivity contribution in [2.75, 3.05) is 0 Å². The molecule has 8 rings (SSSR count). The van der Waals surface area contributed by atoms with Gasteiger partial charge in [0.2, 0.25) is 0 Å². The molecule has 4 heterocycles. The first kappa shape index (κ1) is 26.6. The van der Waals surface area contributed by atoms with E-state index in [2.05, 4.69) is 0 Å². The zero-order valence-corrected chi connectivity index (χ0v) is 24.3. The summed E-state index contributed by atoms with van der Waals surface area (Å²) in [4.78, 5) is -0.249. The fourth-order valence-electron chi connectivity index (χ4n) is 7.90. The predicted molar refractivity (Wildman–Crippen MR) is 154 cm³/mol. The average molecular weight is 606 g/mol. The van der Waals surface area contributed by atoms with Gasteiger partial charge in [0.05, 0.1) is 29.3 Å². The molecule has 0 spiro atoms. The standard InChI is InChI=1S/C32H30O8S2/c33-41(34,35)30-14-13-29(22-7-3-4-8-23(22)30)40-42(36,37)32-25(24-16-19-9-11-27(24)38-19)15-18-5-1-2-6-21(18)31(32)26-17-20-10-12-28(26)39-20/h1-8,13-15,19-20,24,26-28H,9-12,16-17H2,(H,33,34,35)/p-1. The Morgan fingerprint density at radius 1 is 0.714 bits per heavy atom. The zero-order chi connectivity index (χ0) is 28.8. The van der Waals surface area contributed by atoms with E-state index < -0.39 is 25.1 Å². The molecule has 0 radical (unpaired) electrons. The Morgan fingerprint density at radius 3 is 1.95 bits per heavy atom. The molecule has 0 saturated carbocycles. The van der Waals surface area contributed by atoms with Crippen molar-refractivity contribution in [3.8, 4) is 5.75 Å². The molecule has 4 aromatic rings. The minimum atomic E-state index is -4.79. The first-order valence-corrected chi connectivity index (χ1v) is 17.3. The highest BCUT2D eigenvalue weighted by atomic mass is 32.2. The summed E-state index contributed by atoms with van der Waals surface area (Å²) in [7, 11) is -9.25. The van der Waals surface area contributed by atoms with E-state index in [1.165, 1.54) is 12.1 Å². The minimum absolute atomic E-state index is 0.0311. The van der Waals surface area contributed by atoms with E-state index in [1.54, 1.807) is 18.2 Å². The molecule has 6 atom stereocenters. The third-order valence-corrected chi connectivity index (χ3v) is 11.9. The van der Waals surface area contributed by atoms with Gasteiger partial charge >= 0.3 is 10.1 Å². The molecule has 4 aliphatic rings. The monoisotopic (exact) mass is 605 g/mol. The maximum Gasteiger partial charge on any atom is 0.339 e. The maximum absolute atomic E-state index is 14.7. The van der Waals surface area contributed by atoms with Crippen LogP contribution in [-0.4, -0.2) is 45.8 Å². The summed E-state index contributed by atoms with van der Waals surface area (Å²) >= 11 is 0. The second-order valence-corrected chi connectivity index (χ2v) is 14.8. The molecule has 0 N–H and O–H groups in total. The highest BCUT2D eigenvalue weighted by molar-refractivity contribution is 7.87. The maximum atomic E-state index is 14.7. The van der Waals surface area contributed by atoms with Crippen LogP contribution in [0.4, 0.5) is 0 Å². The molecule has 8 nitrogen and oxygen atoms in total. The topological polar surface area (TPSA) is 119 Å². The largest absolute Gasteiger partial charge is 0.744 e. The normalized spacial score (nSPS) is 28.7. The van der Waals surface area contributed by atoms with E-state index in [-0.39, 0.29) is 57.7 Å². The number of hydrogen-bond donors (Lipinski definition) is 0. The van der Waals surface area contributed by atoms with E-state index >= 15 is 0 Å². The average Bonchev–Trinajstić information content (AvgIpc) is 3.78. The number of ether oxygens (including phenoxy) is 2. The molecule has 0 aromatic heterocycles. The van der Waals surface area contributed by atoms with Gasteiger partial charge in [0.1, 0.15) is 15.0 Å². The molecule has 10 heteroatoms. The Labute approximate surface area is 244 Å². The third-order valence-electron chi connectivity index (χ3n) is 9.61.